The molecule has 0 radical (unpaired) electrons. The number of aromatic nitrogens is 2. The van der Waals surface area contributed by atoms with E-state index in [1.807, 2.05) is 12.3 Å². The minimum Gasteiger partial charge on any atom is -0.488 e. The van der Waals surface area contributed by atoms with Crippen LogP contribution in [0.3, 0.4) is 0 Å². The van der Waals surface area contributed by atoms with Crippen molar-refractivity contribution >= 4 is 29.3 Å². The van der Waals surface area contributed by atoms with Gasteiger partial charge in [0.1, 0.15) is 22.9 Å². The summed E-state index contributed by atoms with van der Waals surface area (Å²) < 4.78 is 12.1. The van der Waals surface area contributed by atoms with E-state index in [0.29, 0.717) is 6.04 Å². The van der Waals surface area contributed by atoms with Crippen molar-refractivity contribution in [1.29, 1.82) is 0 Å². The van der Waals surface area contributed by atoms with Gasteiger partial charge >= 0.3 is 0 Å². The molecule has 0 bridgehead atoms. The molecule has 9 heteroatoms. The molecule has 5 rings (SSSR count). The molecule has 1 aliphatic carbocycles. The fourth-order valence-electron chi connectivity index (χ4n) is 4.77. The Labute approximate surface area is 199 Å². The van der Waals surface area contributed by atoms with Crippen molar-refractivity contribution in [1.82, 2.24) is 20.6 Å². The molecule has 2 aromatic rings. The SMILES string of the molecule is C=N/C(N[C@H]1CC[C@@H](Oc2cc(N3CCOCC3)cc3nccnc23)CC1)=C1/C=CN/C1=N/C. The Kier molecular flexibility index (Phi) is 6.71. The van der Waals surface area contributed by atoms with Crippen molar-refractivity contribution in [2.75, 3.05) is 38.3 Å². The fourth-order valence-corrected chi connectivity index (χ4v) is 4.77. The quantitative estimate of drug-likeness (QED) is 0.639. The summed E-state index contributed by atoms with van der Waals surface area (Å²) in [5.74, 6) is 2.38. The highest BCUT2D eigenvalue weighted by Gasteiger charge is 2.25. The maximum Gasteiger partial charge on any atom is 0.149 e. The molecule has 9 nitrogen and oxygen atoms in total. The molecular formula is C25H31N7O2. The van der Waals surface area contributed by atoms with Crippen LogP contribution in [0.4, 0.5) is 5.69 Å². The molecule has 0 atom stereocenters. The average Bonchev–Trinajstić information content (AvgIpc) is 3.37. The van der Waals surface area contributed by atoms with Crippen molar-refractivity contribution in [2.24, 2.45) is 9.98 Å². The molecule has 0 spiro atoms. The van der Waals surface area contributed by atoms with E-state index >= 15 is 0 Å². The normalized spacial score (nSPS) is 25.3. The van der Waals surface area contributed by atoms with Crippen LogP contribution in [0.1, 0.15) is 25.7 Å². The zero-order valence-corrected chi connectivity index (χ0v) is 19.5. The lowest BCUT2D eigenvalue weighted by atomic mass is 9.92. The number of fused-ring (bicyclic) bond motifs is 1. The smallest absolute Gasteiger partial charge is 0.149 e. The van der Waals surface area contributed by atoms with Crippen LogP contribution in [0.15, 0.2) is 58.2 Å². The number of benzene rings is 1. The van der Waals surface area contributed by atoms with Crippen LogP contribution in [0.5, 0.6) is 5.75 Å². The third kappa shape index (κ3) is 4.75. The highest BCUT2D eigenvalue weighted by Crippen LogP contribution is 2.33. The third-order valence-electron chi connectivity index (χ3n) is 6.57. The molecule has 1 saturated heterocycles. The summed E-state index contributed by atoms with van der Waals surface area (Å²) in [6, 6.07) is 4.52. The van der Waals surface area contributed by atoms with Crippen molar-refractivity contribution in [3.8, 4) is 5.75 Å². The Balaban J connectivity index is 1.27. The lowest BCUT2D eigenvalue weighted by Crippen LogP contribution is -2.37. The lowest BCUT2D eigenvalue weighted by molar-refractivity contribution is 0.122. The fraction of sp³-hybridized carbons (Fsp3) is 0.440. The maximum atomic E-state index is 6.54. The highest BCUT2D eigenvalue weighted by atomic mass is 16.5. The molecule has 178 valence electrons. The zero-order valence-electron chi connectivity index (χ0n) is 19.5. The van der Waals surface area contributed by atoms with Crippen LogP contribution >= 0.6 is 0 Å². The number of aliphatic imine (C=N–C) groups is 2. The standard InChI is InChI=1S/C25H31N7O2/c1-26-24-20(7-8-30-24)25(27-2)31-17-3-5-19(6-4-17)34-22-16-18(32-11-13-33-14-12-32)15-21-23(22)29-10-9-28-21/h7-10,15-17,19,31H,2-6,11-14H2,1H3,(H,26,30)/b25-20+/t17-,19+. The van der Waals surface area contributed by atoms with Gasteiger partial charge in [0.25, 0.3) is 0 Å². The Morgan fingerprint density at radius 2 is 1.97 bits per heavy atom. The van der Waals surface area contributed by atoms with Gasteiger partial charge in [-0.1, -0.05) is 0 Å². The van der Waals surface area contributed by atoms with Gasteiger partial charge in [0.2, 0.25) is 0 Å². The van der Waals surface area contributed by atoms with Crippen molar-refractivity contribution in [3.63, 3.8) is 0 Å². The molecule has 3 heterocycles. The molecule has 1 aromatic heterocycles. The van der Waals surface area contributed by atoms with E-state index in [-0.39, 0.29) is 6.10 Å². The number of nitrogens with zero attached hydrogens (tertiary/aromatic N) is 5. The second-order valence-corrected chi connectivity index (χ2v) is 8.67. The van der Waals surface area contributed by atoms with Gasteiger partial charge in [0.05, 0.1) is 30.4 Å². The van der Waals surface area contributed by atoms with E-state index in [2.05, 4.69) is 54.3 Å². The Hall–Kier alpha value is -3.46. The summed E-state index contributed by atoms with van der Waals surface area (Å²) in [7, 11) is 1.76. The number of nitrogens with one attached hydrogen (secondary N) is 2. The van der Waals surface area contributed by atoms with Gasteiger partial charge in [-0.3, -0.25) is 9.98 Å². The van der Waals surface area contributed by atoms with Gasteiger partial charge in [0, 0.05) is 56.5 Å². The van der Waals surface area contributed by atoms with Crippen LogP contribution in [0.2, 0.25) is 0 Å². The van der Waals surface area contributed by atoms with Gasteiger partial charge in [0.15, 0.2) is 0 Å². The van der Waals surface area contributed by atoms with Crippen LogP contribution in [0.25, 0.3) is 11.0 Å². The Bertz CT molecular complexity index is 1130. The van der Waals surface area contributed by atoms with E-state index in [9.17, 15) is 0 Å². The Morgan fingerprint density at radius 1 is 1.18 bits per heavy atom. The molecule has 2 aliphatic heterocycles. The molecular weight excluding hydrogens is 430 g/mol. The van der Waals surface area contributed by atoms with Gasteiger partial charge in [-0.2, -0.15) is 0 Å². The van der Waals surface area contributed by atoms with Crippen LogP contribution in [0, 0.1) is 0 Å². The predicted molar refractivity (Wildman–Crippen MR) is 135 cm³/mol. The molecule has 34 heavy (non-hydrogen) atoms. The summed E-state index contributed by atoms with van der Waals surface area (Å²) in [5, 5.41) is 6.69. The average molecular weight is 462 g/mol. The number of ether oxygens (including phenoxy) is 2. The number of morpholine rings is 1. The van der Waals surface area contributed by atoms with Crippen molar-refractivity contribution < 1.29 is 9.47 Å². The number of hydrogen-bond donors (Lipinski definition) is 2. The zero-order chi connectivity index (χ0) is 23.3. The molecule has 0 amide bonds. The number of rotatable bonds is 6. The minimum absolute atomic E-state index is 0.136. The van der Waals surface area contributed by atoms with Crippen molar-refractivity contribution in [3.05, 3.63) is 48.2 Å². The van der Waals surface area contributed by atoms with Gasteiger partial charge in [-0.05, 0) is 44.5 Å². The summed E-state index contributed by atoms with van der Waals surface area (Å²) in [4.78, 5) is 19.9. The summed E-state index contributed by atoms with van der Waals surface area (Å²) in [6.07, 6.45) is 11.3. The van der Waals surface area contributed by atoms with Gasteiger partial charge in [-0.15, -0.1) is 0 Å². The van der Waals surface area contributed by atoms with Gasteiger partial charge in [-0.25, -0.2) is 9.98 Å². The molecule has 3 aliphatic rings. The van der Waals surface area contributed by atoms with E-state index in [4.69, 9.17) is 9.47 Å². The Morgan fingerprint density at radius 3 is 2.74 bits per heavy atom. The summed E-state index contributed by atoms with van der Waals surface area (Å²) >= 11 is 0. The van der Waals surface area contributed by atoms with E-state index < -0.39 is 0 Å². The summed E-state index contributed by atoms with van der Waals surface area (Å²) in [6.45, 7) is 6.96. The van der Waals surface area contributed by atoms with Crippen LogP contribution in [-0.2, 0) is 4.74 Å². The number of hydrogen-bond acceptors (Lipinski definition) is 8. The highest BCUT2D eigenvalue weighted by molar-refractivity contribution is 6.04. The topological polar surface area (TPSA) is 96.3 Å². The maximum absolute atomic E-state index is 6.54. The second kappa shape index (κ2) is 10.2. The first-order valence-corrected chi connectivity index (χ1v) is 11.9. The first kappa shape index (κ1) is 22.3. The second-order valence-electron chi connectivity index (χ2n) is 8.67. The largest absolute Gasteiger partial charge is 0.488 e. The monoisotopic (exact) mass is 461 g/mol. The number of anilines is 1. The molecule has 2 N–H and O–H groups in total. The van der Waals surface area contributed by atoms with Crippen molar-refractivity contribution in [2.45, 2.75) is 37.8 Å². The van der Waals surface area contributed by atoms with Gasteiger partial charge < -0.3 is 25.0 Å². The first-order valence-electron chi connectivity index (χ1n) is 11.9. The molecule has 1 saturated carbocycles. The third-order valence-corrected chi connectivity index (χ3v) is 6.57. The van der Waals surface area contributed by atoms with E-state index in [1.54, 1.807) is 19.4 Å². The van der Waals surface area contributed by atoms with E-state index in [1.165, 1.54) is 0 Å². The molecule has 0 unspecified atom stereocenters. The van der Waals surface area contributed by atoms with Crippen LogP contribution < -0.4 is 20.3 Å². The lowest BCUT2D eigenvalue weighted by Gasteiger charge is -2.32. The predicted octanol–water partition coefficient (Wildman–Crippen LogP) is 2.80. The minimum atomic E-state index is 0.136. The first-order chi connectivity index (χ1) is 16.7. The summed E-state index contributed by atoms with van der Waals surface area (Å²) in [5.41, 5.74) is 3.73. The molecule has 1 aromatic carbocycles. The van der Waals surface area contributed by atoms with E-state index in [0.717, 1.165) is 91.7 Å². The molecule has 2 fully saturated rings. The van der Waals surface area contributed by atoms with Crippen LogP contribution in [-0.4, -0.2) is 68.0 Å². The number of amidine groups is 1.